The van der Waals surface area contributed by atoms with Gasteiger partial charge in [0.25, 0.3) is 0 Å². The Kier molecular flexibility index (Phi) is 4.85. The van der Waals surface area contributed by atoms with Gasteiger partial charge in [-0.1, -0.05) is 0 Å². The first-order chi connectivity index (χ1) is 6.59. The molecular formula is C11H23NO2. The van der Waals surface area contributed by atoms with Crippen molar-refractivity contribution >= 4 is 0 Å². The predicted molar refractivity (Wildman–Crippen MR) is 57.2 cm³/mol. The Bertz CT molecular complexity index is 153. The predicted octanol–water partition coefficient (Wildman–Crippen LogP) is 0.993. The molecule has 1 aliphatic carbocycles. The van der Waals surface area contributed by atoms with Crippen molar-refractivity contribution in [2.45, 2.75) is 57.3 Å². The first-order valence-electron chi connectivity index (χ1n) is 5.66. The zero-order valence-corrected chi connectivity index (χ0v) is 9.32. The Morgan fingerprint density at radius 2 is 1.86 bits per heavy atom. The second-order valence-electron chi connectivity index (χ2n) is 4.58. The molecule has 1 rings (SSSR count). The van der Waals surface area contributed by atoms with E-state index < -0.39 is 0 Å². The first-order valence-corrected chi connectivity index (χ1v) is 5.66. The van der Waals surface area contributed by atoms with Crippen LogP contribution in [0.1, 0.15) is 39.0 Å². The number of nitrogens with zero attached hydrogens (tertiary/aromatic N) is 1. The molecule has 1 atom stereocenters. The van der Waals surface area contributed by atoms with E-state index in [1.807, 2.05) is 6.92 Å². The monoisotopic (exact) mass is 201 g/mol. The van der Waals surface area contributed by atoms with Gasteiger partial charge in [0, 0.05) is 12.6 Å². The molecule has 0 radical (unpaired) electrons. The van der Waals surface area contributed by atoms with Gasteiger partial charge in [-0.05, 0) is 46.1 Å². The Labute approximate surface area is 86.7 Å². The van der Waals surface area contributed by atoms with E-state index in [1.165, 1.54) is 0 Å². The second-order valence-corrected chi connectivity index (χ2v) is 4.58. The van der Waals surface area contributed by atoms with Crippen molar-refractivity contribution in [1.82, 2.24) is 4.90 Å². The molecule has 0 heterocycles. The summed E-state index contributed by atoms with van der Waals surface area (Å²) in [5.74, 6) is 0. The number of aliphatic hydroxyl groups is 2. The van der Waals surface area contributed by atoms with Gasteiger partial charge >= 0.3 is 0 Å². The lowest BCUT2D eigenvalue weighted by Gasteiger charge is -2.33. The van der Waals surface area contributed by atoms with Gasteiger partial charge in [-0.2, -0.15) is 0 Å². The molecule has 3 nitrogen and oxygen atoms in total. The Balaban J connectivity index is 2.20. The Hall–Kier alpha value is -0.120. The molecule has 14 heavy (non-hydrogen) atoms. The van der Waals surface area contributed by atoms with E-state index in [-0.39, 0.29) is 12.2 Å². The van der Waals surface area contributed by atoms with Gasteiger partial charge in [-0.15, -0.1) is 0 Å². The first kappa shape index (κ1) is 12.0. The molecule has 0 saturated heterocycles. The summed E-state index contributed by atoms with van der Waals surface area (Å²) >= 11 is 0. The van der Waals surface area contributed by atoms with Crippen molar-refractivity contribution < 1.29 is 10.2 Å². The van der Waals surface area contributed by atoms with Gasteiger partial charge in [-0.25, -0.2) is 0 Å². The van der Waals surface area contributed by atoms with Crippen molar-refractivity contribution in [3.63, 3.8) is 0 Å². The molecule has 84 valence electrons. The highest BCUT2D eigenvalue weighted by atomic mass is 16.3. The van der Waals surface area contributed by atoms with Crippen molar-refractivity contribution in [2.75, 3.05) is 13.6 Å². The largest absolute Gasteiger partial charge is 0.393 e. The quantitative estimate of drug-likeness (QED) is 0.713. The number of aliphatic hydroxyl groups excluding tert-OH is 2. The highest BCUT2D eigenvalue weighted by molar-refractivity contribution is 4.77. The topological polar surface area (TPSA) is 43.7 Å². The molecule has 3 heteroatoms. The fourth-order valence-electron chi connectivity index (χ4n) is 2.07. The lowest BCUT2D eigenvalue weighted by atomic mass is 9.92. The minimum Gasteiger partial charge on any atom is -0.393 e. The van der Waals surface area contributed by atoms with Gasteiger partial charge in [-0.3, -0.25) is 0 Å². The van der Waals surface area contributed by atoms with Crippen molar-refractivity contribution in [1.29, 1.82) is 0 Å². The van der Waals surface area contributed by atoms with E-state index in [2.05, 4.69) is 11.9 Å². The molecule has 2 N–H and O–H groups in total. The van der Waals surface area contributed by atoms with Gasteiger partial charge < -0.3 is 15.1 Å². The third kappa shape index (κ3) is 3.95. The van der Waals surface area contributed by atoms with Crippen LogP contribution in [0.4, 0.5) is 0 Å². The van der Waals surface area contributed by atoms with Crippen molar-refractivity contribution in [3.8, 4) is 0 Å². The number of rotatable bonds is 4. The van der Waals surface area contributed by atoms with Crippen LogP contribution >= 0.6 is 0 Å². The molecule has 0 aromatic heterocycles. The SMILES string of the molecule is CC(O)CCN(C)C1CCC(O)CC1. The van der Waals surface area contributed by atoms with E-state index in [0.29, 0.717) is 6.04 Å². The average Bonchev–Trinajstić information content (AvgIpc) is 2.15. The minimum atomic E-state index is -0.202. The van der Waals surface area contributed by atoms with Crippen LogP contribution < -0.4 is 0 Å². The summed E-state index contributed by atoms with van der Waals surface area (Å²) in [6.45, 7) is 2.79. The summed E-state index contributed by atoms with van der Waals surface area (Å²) in [5, 5.41) is 18.5. The van der Waals surface area contributed by atoms with E-state index >= 15 is 0 Å². The average molecular weight is 201 g/mol. The molecule has 1 unspecified atom stereocenters. The van der Waals surface area contributed by atoms with E-state index in [9.17, 15) is 10.2 Å². The Morgan fingerprint density at radius 3 is 2.36 bits per heavy atom. The third-order valence-corrected chi connectivity index (χ3v) is 3.19. The summed E-state index contributed by atoms with van der Waals surface area (Å²) in [5.41, 5.74) is 0. The zero-order chi connectivity index (χ0) is 10.6. The van der Waals surface area contributed by atoms with Crippen LogP contribution in [0.25, 0.3) is 0 Å². The van der Waals surface area contributed by atoms with Gasteiger partial charge in [0.15, 0.2) is 0 Å². The van der Waals surface area contributed by atoms with Gasteiger partial charge in [0.05, 0.1) is 12.2 Å². The van der Waals surface area contributed by atoms with E-state index in [0.717, 1.165) is 38.6 Å². The summed E-state index contributed by atoms with van der Waals surface area (Å²) in [4.78, 5) is 2.32. The normalized spacial score (nSPS) is 30.6. The molecule has 0 aromatic carbocycles. The van der Waals surface area contributed by atoms with E-state index in [4.69, 9.17) is 0 Å². The lowest BCUT2D eigenvalue weighted by Crippen LogP contribution is -2.37. The second kappa shape index (κ2) is 5.69. The summed E-state index contributed by atoms with van der Waals surface area (Å²) in [6, 6.07) is 0.608. The third-order valence-electron chi connectivity index (χ3n) is 3.19. The van der Waals surface area contributed by atoms with Gasteiger partial charge in [0.1, 0.15) is 0 Å². The van der Waals surface area contributed by atoms with Crippen LogP contribution in [-0.4, -0.2) is 47.0 Å². The van der Waals surface area contributed by atoms with Crippen LogP contribution in [-0.2, 0) is 0 Å². The molecule has 1 aliphatic rings. The fraction of sp³-hybridized carbons (Fsp3) is 1.00. The molecule has 0 amide bonds. The highest BCUT2D eigenvalue weighted by Gasteiger charge is 2.22. The van der Waals surface area contributed by atoms with Crippen LogP contribution in [0.15, 0.2) is 0 Å². The van der Waals surface area contributed by atoms with Crippen LogP contribution in [0.5, 0.6) is 0 Å². The minimum absolute atomic E-state index is 0.0728. The molecule has 0 spiro atoms. The maximum atomic E-state index is 9.37. The maximum Gasteiger partial charge on any atom is 0.0541 e. The standard InChI is InChI=1S/C11H23NO2/c1-9(13)7-8-12(2)10-3-5-11(14)6-4-10/h9-11,13-14H,3-8H2,1-2H3. The van der Waals surface area contributed by atoms with Crippen molar-refractivity contribution in [2.24, 2.45) is 0 Å². The molecule has 0 aromatic rings. The molecule has 0 bridgehead atoms. The van der Waals surface area contributed by atoms with Gasteiger partial charge in [0.2, 0.25) is 0 Å². The van der Waals surface area contributed by atoms with Crippen LogP contribution in [0, 0.1) is 0 Å². The number of hydrogen-bond acceptors (Lipinski definition) is 3. The summed E-state index contributed by atoms with van der Waals surface area (Å²) < 4.78 is 0. The molecule has 1 fully saturated rings. The van der Waals surface area contributed by atoms with E-state index in [1.54, 1.807) is 0 Å². The summed E-state index contributed by atoms with van der Waals surface area (Å²) in [6.07, 6.45) is 4.63. The summed E-state index contributed by atoms with van der Waals surface area (Å²) in [7, 11) is 2.12. The number of hydrogen-bond donors (Lipinski definition) is 2. The molecular weight excluding hydrogens is 178 g/mol. The molecule has 0 aliphatic heterocycles. The van der Waals surface area contributed by atoms with Crippen LogP contribution in [0.3, 0.4) is 0 Å². The maximum absolute atomic E-state index is 9.37. The fourth-order valence-corrected chi connectivity index (χ4v) is 2.07. The van der Waals surface area contributed by atoms with Crippen molar-refractivity contribution in [3.05, 3.63) is 0 Å². The molecule has 1 saturated carbocycles. The highest BCUT2D eigenvalue weighted by Crippen LogP contribution is 2.22. The van der Waals surface area contributed by atoms with Crippen LogP contribution in [0.2, 0.25) is 0 Å². The lowest BCUT2D eigenvalue weighted by molar-refractivity contribution is 0.0767. The Morgan fingerprint density at radius 1 is 1.29 bits per heavy atom. The zero-order valence-electron chi connectivity index (χ0n) is 9.32. The smallest absolute Gasteiger partial charge is 0.0541 e.